The number of hydrogen-bond donors (Lipinski definition) is 2. The van der Waals surface area contributed by atoms with Crippen molar-refractivity contribution in [2.75, 3.05) is 0 Å². The molecule has 0 bridgehead atoms. The minimum absolute atomic E-state index is 0.213. The van der Waals surface area contributed by atoms with E-state index in [9.17, 15) is 9.59 Å². The molecule has 7 heteroatoms. The Bertz CT molecular complexity index is 690. The summed E-state index contributed by atoms with van der Waals surface area (Å²) in [5.41, 5.74) is 1.21. The minimum Gasteiger partial charge on any atom is -0.340 e. The Kier molecular flexibility index (Phi) is 3.57. The van der Waals surface area contributed by atoms with Crippen LogP contribution in [-0.4, -0.2) is 27.6 Å². The smallest absolute Gasteiger partial charge is 0.255 e. The maximum atomic E-state index is 12.4. The molecule has 2 amide bonds. The summed E-state index contributed by atoms with van der Waals surface area (Å²) in [4.78, 5) is 24.2. The molecule has 2 aromatic heterocycles. The lowest BCUT2D eigenvalue weighted by Gasteiger charge is -2.24. The van der Waals surface area contributed by atoms with Gasteiger partial charge in [-0.05, 0) is 30.4 Å². The van der Waals surface area contributed by atoms with Gasteiger partial charge in [0, 0.05) is 18.1 Å². The highest BCUT2D eigenvalue weighted by molar-refractivity contribution is 7.13. The van der Waals surface area contributed by atoms with E-state index in [0.29, 0.717) is 24.1 Å². The summed E-state index contributed by atoms with van der Waals surface area (Å²) in [6, 6.07) is 3.01. The van der Waals surface area contributed by atoms with E-state index in [1.165, 1.54) is 11.3 Å². The van der Waals surface area contributed by atoms with Gasteiger partial charge in [-0.3, -0.25) is 9.59 Å². The second-order valence-corrected chi connectivity index (χ2v) is 5.64. The number of rotatable bonds is 3. The molecule has 1 atom stereocenters. The van der Waals surface area contributed by atoms with Gasteiger partial charge in [0.2, 0.25) is 5.91 Å². The third kappa shape index (κ3) is 2.73. The fourth-order valence-corrected chi connectivity index (χ4v) is 3.02. The number of aromatic nitrogens is 2. The van der Waals surface area contributed by atoms with Crippen molar-refractivity contribution in [3.8, 4) is 5.00 Å². The van der Waals surface area contributed by atoms with Crippen LogP contribution in [0.5, 0.6) is 0 Å². The van der Waals surface area contributed by atoms with Crippen molar-refractivity contribution in [1.82, 2.24) is 20.4 Å². The molecule has 21 heavy (non-hydrogen) atoms. The summed E-state index contributed by atoms with van der Waals surface area (Å²) in [5.74, 6) is -0.482. The predicted molar refractivity (Wildman–Crippen MR) is 79.2 cm³/mol. The molecule has 1 aliphatic heterocycles. The lowest BCUT2D eigenvalue weighted by atomic mass is 10.0. The number of amides is 2. The van der Waals surface area contributed by atoms with Gasteiger partial charge in [0.25, 0.3) is 5.91 Å². The van der Waals surface area contributed by atoms with Crippen molar-refractivity contribution in [3.05, 3.63) is 47.7 Å². The van der Waals surface area contributed by atoms with E-state index in [0.717, 1.165) is 5.00 Å². The van der Waals surface area contributed by atoms with Crippen molar-refractivity contribution < 1.29 is 9.59 Å². The molecule has 1 fully saturated rings. The van der Waals surface area contributed by atoms with Crippen LogP contribution in [0.2, 0.25) is 0 Å². The molecule has 1 aliphatic rings. The van der Waals surface area contributed by atoms with Crippen LogP contribution in [0.25, 0.3) is 5.00 Å². The van der Waals surface area contributed by atoms with Gasteiger partial charge in [-0.1, -0.05) is 6.58 Å². The molecule has 0 saturated carbocycles. The molecule has 0 aromatic carbocycles. The molecular formula is C14H14N4O2S. The quantitative estimate of drug-likeness (QED) is 0.901. The zero-order valence-corrected chi connectivity index (χ0v) is 12.0. The first-order chi connectivity index (χ1) is 10.1. The average molecular weight is 302 g/mol. The van der Waals surface area contributed by atoms with Crippen LogP contribution >= 0.6 is 11.3 Å². The Morgan fingerprint density at radius 1 is 1.57 bits per heavy atom. The van der Waals surface area contributed by atoms with E-state index in [2.05, 4.69) is 22.3 Å². The molecule has 0 radical (unpaired) electrons. The number of nitrogens with zero attached hydrogens (tertiary/aromatic N) is 2. The monoisotopic (exact) mass is 302 g/mol. The zero-order chi connectivity index (χ0) is 14.8. The average Bonchev–Trinajstić information content (AvgIpc) is 3.10. The van der Waals surface area contributed by atoms with Gasteiger partial charge in [0.1, 0.15) is 11.0 Å². The number of carbonyl (C=O) groups excluding carboxylic acids is 2. The fourth-order valence-electron chi connectivity index (χ4n) is 2.19. The predicted octanol–water partition coefficient (Wildman–Crippen LogP) is 1.46. The molecular weight excluding hydrogens is 288 g/mol. The van der Waals surface area contributed by atoms with Crippen LogP contribution in [0.3, 0.4) is 0 Å². The summed E-state index contributed by atoms with van der Waals surface area (Å²) in [6.45, 7) is 3.72. The number of thiophene rings is 1. The highest BCUT2D eigenvalue weighted by Gasteiger charge is 2.27. The SMILES string of the molecule is C=C1CCC(NC(=O)c2ccsc2-n2cccn2)C(=O)N1. The van der Waals surface area contributed by atoms with E-state index in [1.54, 1.807) is 29.2 Å². The van der Waals surface area contributed by atoms with Crippen LogP contribution in [-0.2, 0) is 4.79 Å². The zero-order valence-electron chi connectivity index (χ0n) is 11.2. The molecule has 108 valence electrons. The summed E-state index contributed by atoms with van der Waals surface area (Å²) in [5, 5.41) is 12.1. The van der Waals surface area contributed by atoms with Crippen LogP contribution in [0.1, 0.15) is 23.2 Å². The lowest BCUT2D eigenvalue weighted by Crippen LogP contribution is -2.49. The first-order valence-electron chi connectivity index (χ1n) is 6.52. The first kappa shape index (κ1) is 13.6. The van der Waals surface area contributed by atoms with Gasteiger partial charge in [-0.25, -0.2) is 4.68 Å². The van der Waals surface area contributed by atoms with Gasteiger partial charge < -0.3 is 10.6 Å². The molecule has 0 aliphatic carbocycles. The summed E-state index contributed by atoms with van der Waals surface area (Å²) in [6.07, 6.45) is 4.67. The molecule has 6 nitrogen and oxygen atoms in total. The van der Waals surface area contributed by atoms with Crippen LogP contribution in [0, 0.1) is 0 Å². The van der Waals surface area contributed by atoms with E-state index < -0.39 is 6.04 Å². The van der Waals surface area contributed by atoms with Crippen molar-refractivity contribution in [3.63, 3.8) is 0 Å². The van der Waals surface area contributed by atoms with E-state index >= 15 is 0 Å². The number of nitrogens with one attached hydrogen (secondary N) is 2. The second kappa shape index (κ2) is 5.53. The third-order valence-electron chi connectivity index (χ3n) is 3.26. The van der Waals surface area contributed by atoms with Crippen LogP contribution < -0.4 is 10.6 Å². The maximum Gasteiger partial charge on any atom is 0.255 e. The van der Waals surface area contributed by atoms with Crippen LogP contribution in [0.15, 0.2) is 42.2 Å². The summed E-state index contributed by atoms with van der Waals surface area (Å²) < 4.78 is 1.64. The summed E-state index contributed by atoms with van der Waals surface area (Å²) in [7, 11) is 0. The van der Waals surface area contributed by atoms with Crippen molar-refractivity contribution in [2.24, 2.45) is 0 Å². The van der Waals surface area contributed by atoms with Gasteiger partial charge >= 0.3 is 0 Å². The molecule has 0 spiro atoms. The van der Waals surface area contributed by atoms with E-state index in [4.69, 9.17) is 0 Å². The molecule has 2 N–H and O–H groups in total. The van der Waals surface area contributed by atoms with E-state index in [-0.39, 0.29) is 11.8 Å². The normalized spacial score (nSPS) is 18.4. The number of piperidine rings is 1. The molecule has 3 rings (SSSR count). The standard InChI is InChI=1S/C14H14N4O2S/c1-9-3-4-11(13(20)16-9)17-12(19)10-5-8-21-14(10)18-7-2-6-15-18/h2,5-8,11H,1,3-4H2,(H,16,20)(H,17,19). The Morgan fingerprint density at radius 3 is 3.14 bits per heavy atom. The Morgan fingerprint density at radius 2 is 2.43 bits per heavy atom. The Balaban J connectivity index is 1.76. The van der Waals surface area contributed by atoms with Gasteiger partial charge in [-0.2, -0.15) is 5.10 Å². The lowest BCUT2D eigenvalue weighted by molar-refractivity contribution is -0.123. The van der Waals surface area contributed by atoms with Gasteiger partial charge in [-0.15, -0.1) is 11.3 Å². The van der Waals surface area contributed by atoms with Crippen molar-refractivity contribution >= 4 is 23.2 Å². The maximum absolute atomic E-state index is 12.4. The van der Waals surface area contributed by atoms with Crippen LogP contribution in [0.4, 0.5) is 0 Å². The number of hydrogen-bond acceptors (Lipinski definition) is 4. The molecule has 3 heterocycles. The van der Waals surface area contributed by atoms with Gasteiger partial charge in [0.05, 0.1) is 5.56 Å². The first-order valence-corrected chi connectivity index (χ1v) is 7.40. The van der Waals surface area contributed by atoms with Gasteiger partial charge in [0.15, 0.2) is 0 Å². The largest absolute Gasteiger partial charge is 0.340 e. The minimum atomic E-state index is -0.520. The number of allylic oxidation sites excluding steroid dienone is 1. The number of carbonyl (C=O) groups is 2. The van der Waals surface area contributed by atoms with E-state index in [1.807, 2.05) is 5.38 Å². The fraction of sp³-hybridized carbons (Fsp3) is 0.214. The summed E-state index contributed by atoms with van der Waals surface area (Å²) >= 11 is 1.42. The third-order valence-corrected chi connectivity index (χ3v) is 4.16. The molecule has 2 aromatic rings. The van der Waals surface area contributed by atoms with Crippen molar-refractivity contribution in [2.45, 2.75) is 18.9 Å². The Hall–Kier alpha value is -2.41. The Labute approximate surface area is 125 Å². The van der Waals surface area contributed by atoms with Crippen molar-refractivity contribution in [1.29, 1.82) is 0 Å². The highest BCUT2D eigenvalue weighted by Crippen LogP contribution is 2.21. The second-order valence-electron chi connectivity index (χ2n) is 4.75. The highest BCUT2D eigenvalue weighted by atomic mass is 32.1. The molecule has 1 unspecified atom stereocenters. The topological polar surface area (TPSA) is 76.0 Å². The molecule has 1 saturated heterocycles.